The average Bonchev–Trinajstić information content (AvgIpc) is 3.33. The highest BCUT2D eigenvalue weighted by Crippen LogP contribution is 2.28. The molecule has 1 amide bonds. The first-order chi connectivity index (χ1) is 10.2. The lowest BCUT2D eigenvalue weighted by molar-refractivity contribution is -0.122. The molecular weight excluding hydrogens is 270 g/mol. The summed E-state index contributed by atoms with van der Waals surface area (Å²) in [6.45, 7) is 0.605. The molecule has 1 fully saturated rings. The van der Waals surface area contributed by atoms with Crippen LogP contribution in [-0.2, 0) is 11.3 Å². The van der Waals surface area contributed by atoms with Gasteiger partial charge in [-0.1, -0.05) is 6.07 Å². The van der Waals surface area contributed by atoms with Crippen molar-refractivity contribution in [3.8, 4) is 17.6 Å². The van der Waals surface area contributed by atoms with Crippen molar-refractivity contribution in [2.45, 2.75) is 25.4 Å². The lowest BCUT2D eigenvalue weighted by Crippen LogP contribution is -2.29. The molecule has 1 aromatic carbocycles. The summed E-state index contributed by atoms with van der Waals surface area (Å²) in [5.74, 6) is 0.776. The molecule has 0 unspecified atom stereocenters. The molecule has 0 bridgehead atoms. The van der Waals surface area contributed by atoms with Gasteiger partial charge in [-0.3, -0.25) is 4.79 Å². The van der Waals surface area contributed by atoms with E-state index in [9.17, 15) is 4.79 Å². The van der Waals surface area contributed by atoms with Crippen molar-refractivity contribution in [2.24, 2.45) is 0 Å². The molecular formula is C15H19N3O3. The number of nitriles is 1. The molecule has 0 radical (unpaired) electrons. The molecule has 0 spiro atoms. The Hall–Kier alpha value is -2.26. The van der Waals surface area contributed by atoms with Gasteiger partial charge >= 0.3 is 0 Å². The highest BCUT2D eigenvalue weighted by molar-refractivity contribution is 5.77. The summed E-state index contributed by atoms with van der Waals surface area (Å²) in [5.41, 5.74) is 1.08. The molecule has 21 heavy (non-hydrogen) atoms. The fraction of sp³-hybridized carbons (Fsp3) is 0.467. The van der Waals surface area contributed by atoms with E-state index in [-0.39, 0.29) is 19.1 Å². The molecule has 6 nitrogen and oxygen atoms in total. The summed E-state index contributed by atoms with van der Waals surface area (Å²) in [4.78, 5) is 11.4. The molecule has 1 aromatic rings. The quantitative estimate of drug-likeness (QED) is 0.697. The highest BCUT2D eigenvalue weighted by Gasteiger charge is 2.20. The van der Waals surface area contributed by atoms with Crippen LogP contribution in [0.15, 0.2) is 18.2 Å². The number of methoxy groups -OCH3 is 1. The number of amides is 1. The molecule has 0 aliphatic heterocycles. The zero-order valence-electron chi connectivity index (χ0n) is 12.0. The second-order valence-electron chi connectivity index (χ2n) is 4.86. The summed E-state index contributed by atoms with van der Waals surface area (Å²) in [6.07, 6.45) is 2.47. The van der Waals surface area contributed by atoms with E-state index < -0.39 is 0 Å². The minimum atomic E-state index is -0.333. The summed E-state index contributed by atoms with van der Waals surface area (Å²) in [6, 6.07) is 8.14. The zero-order chi connectivity index (χ0) is 15.1. The number of nitrogens with one attached hydrogen (secondary N) is 2. The van der Waals surface area contributed by atoms with Gasteiger partial charge in [-0.2, -0.15) is 5.26 Å². The second-order valence-corrected chi connectivity index (χ2v) is 4.86. The predicted molar refractivity (Wildman–Crippen MR) is 77.0 cm³/mol. The van der Waals surface area contributed by atoms with Crippen molar-refractivity contribution in [3.63, 3.8) is 0 Å². The SMILES string of the molecule is COc1ccc(CNC2CC2)cc1OCC(=O)NCC#N. The Kier molecular flexibility index (Phi) is 5.41. The second kappa shape index (κ2) is 7.50. The van der Waals surface area contributed by atoms with Crippen LogP contribution in [0, 0.1) is 11.3 Å². The number of carbonyl (C=O) groups is 1. The summed E-state index contributed by atoms with van der Waals surface area (Å²) >= 11 is 0. The van der Waals surface area contributed by atoms with Gasteiger partial charge in [0.2, 0.25) is 0 Å². The highest BCUT2D eigenvalue weighted by atomic mass is 16.5. The van der Waals surface area contributed by atoms with E-state index in [1.807, 2.05) is 24.3 Å². The Labute approximate surface area is 124 Å². The van der Waals surface area contributed by atoms with Gasteiger partial charge in [0.05, 0.1) is 13.2 Å². The molecule has 1 saturated carbocycles. The van der Waals surface area contributed by atoms with E-state index in [0.717, 1.165) is 12.1 Å². The van der Waals surface area contributed by atoms with Crippen LogP contribution >= 0.6 is 0 Å². The average molecular weight is 289 g/mol. The Balaban J connectivity index is 1.92. The summed E-state index contributed by atoms with van der Waals surface area (Å²) in [5, 5.41) is 14.2. The Morgan fingerprint density at radius 2 is 2.24 bits per heavy atom. The largest absolute Gasteiger partial charge is 0.493 e. The van der Waals surface area contributed by atoms with Crippen LogP contribution in [0.2, 0.25) is 0 Å². The normalized spacial score (nSPS) is 13.3. The van der Waals surface area contributed by atoms with Crippen LogP contribution in [-0.4, -0.2) is 32.2 Å². The van der Waals surface area contributed by atoms with E-state index >= 15 is 0 Å². The number of carbonyl (C=O) groups excluding carboxylic acids is 1. The first-order valence-corrected chi connectivity index (χ1v) is 6.89. The third kappa shape index (κ3) is 4.97. The Morgan fingerprint density at radius 3 is 2.90 bits per heavy atom. The van der Waals surface area contributed by atoms with Crippen LogP contribution in [0.4, 0.5) is 0 Å². The molecule has 0 saturated heterocycles. The van der Waals surface area contributed by atoms with Gasteiger partial charge in [0.15, 0.2) is 18.1 Å². The number of hydrogen-bond donors (Lipinski definition) is 2. The molecule has 0 atom stereocenters. The Morgan fingerprint density at radius 1 is 1.43 bits per heavy atom. The molecule has 2 rings (SSSR count). The molecule has 0 aromatic heterocycles. The van der Waals surface area contributed by atoms with Crippen LogP contribution in [0.5, 0.6) is 11.5 Å². The molecule has 1 aliphatic rings. The smallest absolute Gasteiger partial charge is 0.258 e. The van der Waals surface area contributed by atoms with Crippen molar-refractivity contribution in [1.82, 2.24) is 10.6 Å². The number of benzene rings is 1. The van der Waals surface area contributed by atoms with E-state index in [1.54, 1.807) is 7.11 Å². The first kappa shape index (κ1) is 15.1. The molecule has 0 heterocycles. The molecule has 6 heteroatoms. The Bertz CT molecular complexity index is 535. The lowest BCUT2D eigenvalue weighted by Gasteiger charge is -2.12. The third-order valence-electron chi connectivity index (χ3n) is 3.12. The van der Waals surface area contributed by atoms with Crippen molar-refractivity contribution in [1.29, 1.82) is 5.26 Å². The van der Waals surface area contributed by atoms with Crippen LogP contribution in [0.1, 0.15) is 18.4 Å². The topological polar surface area (TPSA) is 83.4 Å². The summed E-state index contributed by atoms with van der Waals surface area (Å²) in [7, 11) is 1.56. The number of nitrogens with zero attached hydrogens (tertiary/aromatic N) is 1. The minimum absolute atomic E-state index is 0.0231. The van der Waals surface area contributed by atoms with Gasteiger partial charge in [0.1, 0.15) is 6.54 Å². The monoisotopic (exact) mass is 289 g/mol. The number of ether oxygens (including phenoxy) is 2. The number of rotatable bonds is 8. The maximum absolute atomic E-state index is 11.4. The lowest BCUT2D eigenvalue weighted by atomic mass is 10.2. The van der Waals surface area contributed by atoms with Crippen LogP contribution < -0.4 is 20.1 Å². The molecule has 112 valence electrons. The van der Waals surface area contributed by atoms with Gasteiger partial charge in [0.25, 0.3) is 5.91 Å². The third-order valence-corrected chi connectivity index (χ3v) is 3.12. The zero-order valence-corrected chi connectivity index (χ0v) is 12.0. The van der Waals surface area contributed by atoms with E-state index in [0.29, 0.717) is 17.5 Å². The molecule has 1 aliphatic carbocycles. The van der Waals surface area contributed by atoms with Crippen molar-refractivity contribution < 1.29 is 14.3 Å². The van der Waals surface area contributed by atoms with Crippen LogP contribution in [0.25, 0.3) is 0 Å². The van der Waals surface area contributed by atoms with Gasteiger partial charge in [0, 0.05) is 12.6 Å². The van der Waals surface area contributed by atoms with Gasteiger partial charge < -0.3 is 20.1 Å². The first-order valence-electron chi connectivity index (χ1n) is 6.89. The summed E-state index contributed by atoms with van der Waals surface area (Å²) < 4.78 is 10.7. The predicted octanol–water partition coefficient (Wildman–Crippen LogP) is 0.966. The number of hydrogen-bond acceptors (Lipinski definition) is 5. The molecule has 2 N–H and O–H groups in total. The van der Waals surface area contributed by atoms with E-state index in [4.69, 9.17) is 14.7 Å². The van der Waals surface area contributed by atoms with Crippen molar-refractivity contribution >= 4 is 5.91 Å². The van der Waals surface area contributed by atoms with Gasteiger partial charge in [-0.15, -0.1) is 0 Å². The fourth-order valence-corrected chi connectivity index (χ4v) is 1.83. The van der Waals surface area contributed by atoms with Gasteiger partial charge in [-0.05, 0) is 30.5 Å². The maximum Gasteiger partial charge on any atom is 0.258 e. The van der Waals surface area contributed by atoms with Crippen molar-refractivity contribution in [2.75, 3.05) is 20.3 Å². The van der Waals surface area contributed by atoms with Crippen molar-refractivity contribution in [3.05, 3.63) is 23.8 Å². The fourth-order valence-electron chi connectivity index (χ4n) is 1.83. The van der Waals surface area contributed by atoms with Gasteiger partial charge in [-0.25, -0.2) is 0 Å². The minimum Gasteiger partial charge on any atom is -0.493 e. The van der Waals surface area contributed by atoms with E-state index in [1.165, 1.54) is 12.8 Å². The van der Waals surface area contributed by atoms with E-state index in [2.05, 4.69) is 10.6 Å². The van der Waals surface area contributed by atoms with Crippen LogP contribution in [0.3, 0.4) is 0 Å². The maximum atomic E-state index is 11.4. The standard InChI is InChI=1S/C15H19N3O3/c1-20-13-5-2-11(9-18-12-3-4-12)8-14(13)21-10-15(19)17-7-6-16/h2,5,8,12,18H,3-4,7,9-10H2,1H3,(H,17,19).